The Labute approximate surface area is 145 Å². The van der Waals surface area contributed by atoms with Gasteiger partial charge < -0.3 is 5.11 Å². The molecule has 1 aliphatic heterocycles. The average molecular weight is 348 g/mol. The Bertz CT molecular complexity index is 738. The molecule has 0 saturated carbocycles. The van der Waals surface area contributed by atoms with Gasteiger partial charge in [0.15, 0.2) is 0 Å². The van der Waals surface area contributed by atoms with Crippen molar-refractivity contribution in [1.82, 2.24) is 19.7 Å². The highest BCUT2D eigenvalue weighted by molar-refractivity contribution is 5.26. The van der Waals surface area contributed by atoms with Crippen molar-refractivity contribution in [3.8, 4) is 0 Å². The fourth-order valence-corrected chi connectivity index (χ4v) is 3.33. The summed E-state index contributed by atoms with van der Waals surface area (Å²) in [4.78, 5) is 5.97. The summed E-state index contributed by atoms with van der Waals surface area (Å²) in [6, 6.07) is 3.28. The lowest BCUT2D eigenvalue weighted by molar-refractivity contribution is -0.0232. The number of halogens is 2. The predicted octanol–water partition coefficient (Wildman–Crippen LogP) is 2.49. The number of hydrogen-bond donors (Lipinski definition) is 1. The molecule has 25 heavy (non-hydrogen) atoms. The summed E-state index contributed by atoms with van der Waals surface area (Å²) >= 11 is 0. The molecule has 0 spiro atoms. The van der Waals surface area contributed by atoms with Crippen molar-refractivity contribution < 1.29 is 13.9 Å². The van der Waals surface area contributed by atoms with Crippen LogP contribution in [0.2, 0.25) is 0 Å². The highest BCUT2D eigenvalue weighted by atomic mass is 19.1. The summed E-state index contributed by atoms with van der Waals surface area (Å²) < 4.78 is 29.1. The molecule has 3 rings (SSSR count). The smallest absolute Gasteiger partial charge is 0.137 e. The maximum Gasteiger partial charge on any atom is 0.137 e. The molecule has 1 unspecified atom stereocenters. The minimum Gasteiger partial charge on any atom is -0.382 e. The number of likely N-dealkylation sites (tertiary alicyclic amines) is 1. The maximum absolute atomic E-state index is 14.4. The Hall–Kier alpha value is -2.12. The fourth-order valence-electron chi connectivity index (χ4n) is 3.33. The molecular weight excluding hydrogens is 326 g/mol. The summed E-state index contributed by atoms with van der Waals surface area (Å²) in [5.74, 6) is -1.42. The van der Waals surface area contributed by atoms with Crippen LogP contribution in [0.5, 0.6) is 0 Å². The number of allylic oxidation sites excluding steroid dienone is 1. The summed E-state index contributed by atoms with van der Waals surface area (Å²) in [5, 5.41) is 15.3. The molecule has 7 heteroatoms. The monoisotopic (exact) mass is 348 g/mol. The van der Waals surface area contributed by atoms with E-state index in [4.69, 9.17) is 0 Å². The van der Waals surface area contributed by atoms with E-state index in [0.29, 0.717) is 0 Å². The van der Waals surface area contributed by atoms with E-state index >= 15 is 0 Å². The molecule has 2 heterocycles. The highest BCUT2D eigenvalue weighted by Crippen LogP contribution is 2.29. The van der Waals surface area contributed by atoms with E-state index in [-0.39, 0.29) is 18.7 Å². The third-order valence-corrected chi connectivity index (χ3v) is 4.71. The SMILES string of the molecule is CC=C1CCN(CC(O)(Cn2cncn2)c2ccc(F)cc2F)CC1. The second-order valence-electron chi connectivity index (χ2n) is 6.47. The van der Waals surface area contributed by atoms with Gasteiger partial charge in [0.1, 0.15) is 29.9 Å². The van der Waals surface area contributed by atoms with Crippen LogP contribution in [-0.2, 0) is 12.1 Å². The lowest BCUT2D eigenvalue weighted by atomic mass is 9.91. The molecule has 134 valence electrons. The normalized spacial score (nSPS) is 18.2. The Balaban J connectivity index is 1.86. The molecule has 1 aromatic heterocycles. The first kappa shape index (κ1) is 17.7. The largest absolute Gasteiger partial charge is 0.382 e. The molecule has 1 aromatic carbocycles. The Morgan fingerprint density at radius 2 is 2.00 bits per heavy atom. The number of nitrogens with zero attached hydrogens (tertiary/aromatic N) is 4. The van der Waals surface area contributed by atoms with Gasteiger partial charge in [0.2, 0.25) is 0 Å². The third-order valence-electron chi connectivity index (χ3n) is 4.71. The zero-order valence-electron chi connectivity index (χ0n) is 14.2. The molecule has 0 radical (unpaired) electrons. The van der Waals surface area contributed by atoms with Crippen LogP contribution in [0, 0.1) is 11.6 Å². The van der Waals surface area contributed by atoms with Crippen molar-refractivity contribution in [1.29, 1.82) is 0 Å². The zero-order valence-corrected chi connectivity index (χ0v) is 14.2. The lowest BCUT2D eigenvalue weighted by Crippen LogP contribution is -2.46. The second-order valence-corrected chi connectivity index (χ2v) is 6.47. The minimum absolute atomic E-state index is 0.0442. The zero-order chi connectivity index (χ0) is 17.9. The van der Waals surface area contributed by atoms with Gasteiger partial charge in [-0.3, -0.25) is 4.90 Å². The second kappa shape index (κ2) is 7.41. The van der Waals surface area contributed by atoms with Crippen LogP contribution in [0.15, 0.2) is 42.5 Å². The molecule has 1 aliphatic rings. The molecule has 0 aliphatic carbocycles. The van der Waals surface area contributed by atoms with Gasteiger partial charge in [-0.1, -0.05) is 17.7 Å². The molecule has 5 nitrogen and oxygen atoms in total. The Kier molecular flexibility index (Phi) is 5.24. The first-order valence-corrected chi connectivity index (χ1v) is 8.37. The summed E-state index contributed by atoms with van der Waals surface area (Å²) in [7, 11) is 0. The van der Waals surface area contributed by atoms with Gasteiger partial charge in [0, 0.05) is 31.3 Å². The summed E-state index contributed by atoms with van der Waals surface area (Å²) in [6.45, 7) is 3.90. The number of hydrogen-bond acceptors (Lipinski definition) is 4. The van der Waals surface area contributed by atoms with Gasteiger partial charge in [0.25, 0.3) is 0 Å². The van der Waals surface area contributed by atoms with Crippen LogP contribution in [-0.4, -0.2) is 44.4 Å². The Morgan fingerprint density at radius 1 is 1.24 bits per heavy atom. The van der Waals surface area contributed by atoms with Crippen molar-refractivity contribution in [2.75, 3.05) is 19.6 Å². The first-order chi connectivity index (χ1) is 12.0. The number of β-amino-alcohol motifs (C(OH)–C–C–N with tert-alkyl or cyclic N) is 1. The van der Waals surface area contributed by atoms with Crippen molar-refractivity contribution in [2.45, 2.75) is 31.9 Å². The van der Waals surface area contributed by atoms with Crippen LogP contribution in [0.25, 0.3) is 0 Å². The predicted molar refractivity (Wildman–Crippen MR) is 89.7 cm³/mol. The van der Waals surface area contributed by atoms with Crippen LogP contribution in [0.1, 0.15) is 25.3 Å². The third kappa shape index (κ3) is 4.11. The topological polar surface area (TPSA) is 54.2 Å². The van der Waals surface area contributed by atoms with Crippen molar-refractivity contribution in [3.63, 3.8) is 0 Å². The number of piperidine rings is 1. The molecule has 0 amide bonds. The van der Waals surface area contributed by atoms with Crippen LogP contribution < -0.4 is 0 Å². The number of aromatic nitrogens is 3. The van der Waals surface area contributed by atoms with Gasteiger partial charge in [-0.2, -0.15) is 5.10 Å². The molecule has 0 bridgehead atoms. The van der Waals surface area contributed by atoms with E-state index in [1.54, 1.807) is 0 Å². The Morgan fingerprint density at radius 3 is 2.60 bits per heavy atom. The average Bonchev–Trinajstić information content (AvgIpc) is 3.08. The van der Waals surface area contributed by atoms with Crippen LogP contribution in [0.3, 0.4) is 0 Å². The van der Waals surface area contributed by atoms with Gasteiger partial charge in [0.05, 0.1) is 6.54 Å². The van der Waals surface area contributed by atoms with E-state index in [1.165, 1.54) is 35.0 Å². The lowest BCUT2D eigenvalue weighted by Gasteiger charge is -2.37. The van der Waals surface area contributed by atoms with Crippen LogP contribution >= 0.6 is 0 Å². The number of aliphatic hydroxyl groups is 1. The first-order valence-electron chi connectivity index (χ1n) is 8.37. The van der Waals surface area contributed by atoms with Crippen LogP contribution in [0.4, 0.5) is 8.78 Å². The van der Waals surface area contributed by atoms with Gasteiger partial charge in [-0.25, -0.2) is 18.4 Å². The quantitative estimate of drug-likeness (QED) is 0.844. The molecule has 2 aromatic rings. The molecule has 1 fully saturated rings. The van der Waals surface area contributed by atoms with Gasteiger partial charge >= 0.3 is 0 Å². The van der Waals surface area contributed by atoms with E-state index in [0.717, 1.165) is 32.0 Å². The number of rotatable bonds is 5. The summed E-state index contributed by atoms with van der Waals surface area (Å²) in [5.41, 5.74) is -0.0657. The van der Waals surface area contributed by atoms with E-state index in [9.17, 15) is 13.9 Å². The standard InChI is InChI=1S/C18H22F2N4O/c1-2-14-5-7-23(8-6-14)10-18(25,11-24-13-21-12-22-24)16-4-3-15(19)9-17(16)20/h2-4,9,12-13,25H,5-8,10-11H2,1H3. The van der Waals surface area contributed by atoms with Crippen molar-refractivity contribution in [2.24, 2.45) is 0 Å². The minimum atomic E-state index is -1.53. The van der Waals surface area contributed by atoms with E-state index in [2.05, 4.69) is 21.1 Å². The summed E-state index contributed by atoms with van der Waals surface area (Å²) in [6.07, 6.45) is 6.82. The fraction of sp³-hybridized carbons (Fsp3) is 0.444. The molecule has 1 atom stereocenters. The van der Waals surface area contributed by atoms with Crippen molar-refractivity contribution in [3.05, 3.63) is 59.7 Å². The van der Waals surface area contributed by atoms with Gasteiger partial charge in [-0.15, -0.1) is 0 Å². The maximum atomic E-state index is 14.4. The van der Waals surface area contributed by atoms with Crippen molar-refractivity contribution >= 4 is 0 Å². The highest BCUT2D eigenvalue weighted by Gasteiger charge is 2.36. The molecular formula is C18H22F2N4O. The van der Waals surface area contributed by atoms with E-state index in [1.807, 2.05) is 6.92 Å². The van der Waals surface area contributed by atoms with E-state index < -0.39 is 17.2 Å². The molecule has 1 N–H and O–H groups in total. The number of benzene rings is 1. The molecule has 1 saturated heterocycles. The van der Waals surface area contributed by atoms with Gasteiger partial charge in [-0.05, 0) is 25.8 Å².